The average molecular weight is 226 g/mol. The molecule has 0 spiro atoms. The van der Waals surface area contributed by atoms with E-state index in [9.17, 15) is 9.59 Å². The molecule has 0 unspecified atom stereocenters. The Labute approximate surface area is 93.4 Å². The Morgan fingerprint density at radius 1 is 1.50 bits per heavy atom. The number of nitrogens with zero attached hydrogens (tertiary/aromatic N) is 2. The van der Waals surface area contributed by atoms with Crippen molar-refractivity contribution in [2.75, 3.05) is 20.2 Å². The lowest BCUT2D eigenvalue weighted by molar-refractivity contribution is -0.143. The Morgan fingerprint density at radius 2 is 2.06 bits per heavy atom. The molecule has 0 saturated carbocycles. The van der Waals surface area contributed by atoms with Gasteiger partial charge in [0, 0.05) is 13.1 Å². The largest absolute Gasteiger partial charge is 0.469 e. The second-order valence-electron chi connectivity index (χ2n) is 3.91. The van der Waals surface area contributed by atoms with Gasteiger partial charge in [-0.1, -0.05) is 0 Å². The van der Waals surface area contributed by atoms with Crippen LogP contribution in [0.3, 0.4) is 0 Å². The maximum atomic E-state index is 11.2. The van der Waals surface area contributed by atoms with E-state index in [1.807, 2.05) is 0 Å². The minimum Gasteiger partial charge on any atom is -0.469 e. The molecule has 0 aromatic carbocycles. The number of carboxylic acid groups (broad SMARTS) is 1. The van der Waals surface area contributed by atoms with E-state index in [4.69, 9.17) is 10.4 Å². The number of hydrogen-bond acceptors (Lipinski definition) is 4. The number of amides is 1. The minimum absolute atomic E-state index is 0.0352. The molecule has 1 fully saturated rings. The van der Waals surface area contributed by atoms with Crippen LogP contribution in [0.5, 0.6) is 0 Å². The zero-order valence-electron chi connectivity index (χ0n) is 9.10. The smallest absolute Gasteiger partial charge is 0.407 e. The summed E-state index contributed by atoms with van der Waals surface area (Å²) in [5.74, 6) is -0.426. The number of rotatable bonds is 2. The molecule has 1 rings (SSSR count). The summed E-state index contributed by atoms with van der Waals surface area (Å²) in [5.41, 5.74) is -0.765. The maximum absolute atomic E-state index is 11.2. The average Bonchev–Trinajstić information content (AvgIpc) is 2.29. The SMILES string of the molecule is COC(=O)CC1(C#N)CCN(C(=O)O)CC1. The molecule has 0 atom stereocenters. The molecule has 6 heteroatoms. The molecular weight excluding hydrogens is 212 g/mol. The Balaban J connectivity index is 2.62. The lowest BCUT2D eigenvalue weighted by Crippen LogP contribution is -2.42. The highest BCUT2D eigenvalue weighted by Gasteiger charge is 2.38. The number of hydrogen-bond donors (Lipinski definition) is 1. The number of esters is 1. The summed E-state index contributed by atoms with van der Waals surface area (Å²) in [6.45, 7) is 0.583. The fourth-order valence-electron chi connectivity index (χ4n) is 1.80. The fourth-order valence-corrected chi connectivity index (χ4v) is 1.80. The van der Waals surface area contributed by atoms with Crippen molar-refractivity contribution in [3.05, 3.63) is 0 Å². The first-order valence-electron chi connectivity index (χ1n) is 4.99. The van der Waals surface area contributed by atoms with E-state index >= 15 is 0 Å². The molecule has 0 aromatic rings. The monoisotopic (exact) mass is 226 g/mol. The summed E-state index contributed by atoms with van der Waals surface area (Å²) >= 11 is 0. The molecule has 0 bridgehead atoms. The second kappa shape index (κ2) is 4.84. The second-order valence-corrected chi connectivity index (χ2v) is 3.91. The van der Waals surface area contributed by atoms with Crippen LogP contribution in [0.25, 0.3) is 0 Å². The summed E-state index contributed by atoms with van der Waals surface area (Å²) in [5, 5.41) is 17.8. The van der Waals surface area contributed by atoms with Crippen molar-refractivity contribution in [3.63, 3.8) is 0 Å². The van der Waals surface area contributed by atoms with Crippen LogP contribution in [0, 0.1) is 16.7 Å². The molecule has 0 aromatic heterocycles. The molecule has 1 amide bonds. The van der Waals surface area contributed by atoms with Crippen LogP contribution in [-0.2, 0) is 9.53 Å². The number of carbonyl (C=O) groups is 2. The molecule has 0 radical (unpaired) electrons. The van der Waals surface area contributed by atoms with Gasteiger partial charge in [0.25, 0.3) is 0 Å². The van der Waals surface area contributed by atoms with Gasteiger partial charge < -0.3 is 14.7 Å². The van der Waals surface area contributed by atoms with Crippen molar-refractivity contribution in [1.29, 1.82) is 5.26 Å². The van der Waals surface area contributed by atoms with Gasteiger partial charge in [-0.2, -0.15) is 5.26 Å². The van der Waals surface area contributed by atoms with Crippen molar-refractivity contribution in [2.45, 2.75) is 19.3 Å². The summed E-state index contributed by atoms with van der Waals surface area (Å²) in [6, 6.07) is 2.12. The molecule has 16 heavy (non-hydrogen) atoms. The third-order valence-electron chi connectivity index (χ3n) is 2.94. The Hall–Kier alpha value is -1.77. The maximum Gasteiger partial charge on any atom is 0.407 e. The number of nitriles is 1. The van der Waals surface area contributed by atoms with Gasteiger partial charge >= 0.3 is 12.1 Å². The number of carbonyl (C=O) groups excluding carboxylic acids is 1. The Bertz CT molecular complexity index is 326. The fraction of sp³-hybridized carbons (Fsp3) is 0.700. The van der Waals surface area contributed by atoms with Crippen LogP contribution in [0.2, 0.25) is 0 Å². The Kier molecular flexibility index (Phi) is 3.72. The van der Waals surface area contributed by atoms with Gasteiger partial charge in [0.15, 0.2) is 0 Å². The van der Waals surface area contributed by atoms with Crippen LogP contribution < -0.4 is 0 Å². The zero-order chi connectivity index (χ0) is 12.2. The van der Waals surface area contributed by atoms with Crippen molar-refractivity contribution in [3.8, 4) is 6.07 Å². The third kappa shape index (κ3) is 2.63. The topological polar surface area (TPSA) is 90.6 Å². The number of piperidine rings is 1. The standard InChI is InChI=1S/C10H14N2O4/c1-16-8(13)6-10(7-11)2-4-12(5-3-10)9(14)15/h2-6H2,1H3,(H,14,15). The highest BCUT2D eigenvalue weighted by Crippen LogP contribution is 2.34. The van der Waals surface area contributed by atoms with Gasteiger partial charge in [-0.05, 0) is 12.8 Å². The van der Waals surface area contributed by atoms with Crippen molar-refractivity contribution >= 4 is 12.1 Å². The quantitative estimate of drug-likeness (QED) is 0.704. The van der Waals surface area contributed by atoms with Crippen molar-refractivity contribution in [1.82, 2.24) is 4.90 Å². The Morgan fingerprint density at radius 3 is 2.44 bits per heavy atom. The van der Waals surface area contributed by atoms with Crippen LogP contribution in [0.1, 0.15) is 19.3 Å². The molecule has 1 saturated heterocycles. The van der Waals surface area contributed by atoms with E-state index in [2.05, 4.69) is 10.8 Å². The molecule has 88 valence electrons. The molecule has 1 aliphatic rings. The normalized spacial score (nSPS) is 18.6. The van der Waals surface area contributed by atoms with Crippen LogP contribution >= 0.6 is 0 Å². The first-order valence-corrected chi connectivity index (χ1v) is 4.99. The predicted molar refractivity (Wildman–Crippen MR) is 53.5 cm³/mol. The third-order valence-corrected chi connectivity index (χ3v) is 2.94. The highest BCUT2D eigenvalue weighted by atomic mass is 16.5. The number of likely N-dealkylation sites (tertiary alicyclic amines) is 1. The molecule has 1 aliphatic heterocycles. The van der Waals surface area contributed by atoms with E-state index < -0.39 is 17.5 Å². The predicted octanol–water partition coefficient (Wildman–Crippen LogP) is 0.833. The lowest BCUT2D eigenvalue weighted by Gasteiger charge is -2.35. The summed E-state index contributed by atoms with van der Waals surface area (Å²) in [4.78, 5) is 23.1. The summed E-state index contributed by atoms with van der Waals surface area (Å²) in [6.07, 6.45) is -0.187. The van der Waals surface area contributed by atoms with Crippen molar-refractivity contribution < 1.29 is 19.4 Å². The number of ether oxygens (including phenoxy) is 1. The molecule has 6 nitrogen and oxygen atoms in total. The lowest BCUT2D eigenvalue weighted by atomic mass is 9.77. The first kappa shape index (κ1) is 12.3. The molecular formula is C10H14N2O4. The van der Waals surface area contributed by atoms with Crippen LogP contribution in [0.15, 0.2) is 0 Å². The minimum atomic E-state index is -0.982. The molecule has 1 N–H and O–H groups in total. The van der Waals surface area contributed by atoms with Gasteiger partial charge in [0.1, 0.15) is 0 Å². The van der Waals surface area contributed by atoms with Gasteiger partial charge in [0.2, 0.25) is 0 Å². The van der Waals surface area contributed by atoms with Crippen LogP contribution in [0.4, 0.5) is 4.79 Å². The zero-order valence-corrected chi connectivity index (χ0v) is 9.10. The van der Waals surface area contributed by atoms with E-state index in [1.54, 1.807) is 0 Å². The van der Waals surface area contributed by atoms with Gasteiger partial charge in [0.05, 0.1) is 25.0 Å². The summed E-state index contributed by atoms with van der Waals surface area (Å²) in [7, 11) is 1.28. The summed E-state index contributed by atoms with van der Waals surface area (Å²) < 4.78 is 4.53. The van der Waals surface area contributed by atoms with E-state index in [-0.39, 0.29) is 6.42 Å². The molecule has 1 heterocycles. The van der Waals surface area contributed by atoms with Crippen LogP contribution in [-0.4, -0.2) is 42.3 Å². The van der Waals surface area contributed by atoms with E-state index in [0.717, 1.165) is 0 Å². The number of methoxy groups -OCH3 is 1. The highest BCUT2D eigenvalue weighted by molar-refractivity contribution is 5.71. The van der Waals surface area contributed by atoms with E-state index in [1.165, 1.54) is 12.0 Å². The van der Waals surface area contributed by atoms with Gasteiger partial charge in [-0.25, -0.2) is 4.79 Å². The molecule has 0 aliphatic carbocycles. The van der Waals surface area contributed by atoms with E-state index in [0.29, 0.717) is 25.9 Å². The van der Waals surface area contributed by atoms with Gasteiger partial charge in [-0.3, -0.25) is 4.79 Å². The van der Waals surface area contributed by atoms with Crippen molar-refractivity contribution in [2.24, 2.45) is 5.41 Å². The van der Waals surface area contributed by atoms with Gasteiger partial charge in [-0.15, -0.1) is 0 Å². The first-order chi connectivity index (χ1) is 7.53.